The van der Waals surface area contributed by atoms with Crippen LogP contribution in [0.2, 0.25) is 0 Å². The zero-order chi connectivity index (χ0) is 28.2. The van der Waals surface area contributed by atoms with Gasteiger partial charge in [-0.15, -0.1) is 0 Å². The Hall–Kier alpha value is -3.87. The number of nitrogens with zero attached hydrogens (tertiary/aromatic N) is 3. The van der Waals surface area contributed by atoms with Crippen LogP contribution in [0.1, 0.15) is 32.6 Å². The maximum Gasteiger partial charge on any atom is 0.421 e. The van der Waals surface area contributed by atoms with E-state index in [-0.39, 0.29) is 24.1 Å². The average molecular weight is 551 g/mol. The molecule has 0 saturated heterocycles. The molecule has 3 N–H and O–H groups in total. The number of alkyl halides is 3. The van der Waals surface area contributed by atoms with Crippen molar-refractivity contribution in [3.05, 3.63) is 64.3 Å². The molecule has 0 fully saturated rings. The molecule has 1 heterocycles. The highest BCUT2D eigenvalue weighted by atomic mass is 32.2. The largest absolute Gasteiger partial charge is 0.495 e. The number of hydrogen-bond donors (Lipinski definition) is 3. The first kappa shape index (κ1) is 28.7. The van der Waals surface area contributed by atoms with Gasteiger partial charge in [0.1, 0.15) is 28.1 Å². The summed E-state index contributed by atoms with van der Waals surface area (Å²) in [6, 6.07) is 8.54. The van der Waals surface area contributed by atoms with Crippen LogP contribution in [0.4, 0.5) is 36.3 Å². The first-order valence-corrected chi connectivity index (χ1v) is 12.9. The molecule has 204 valence electrons. The van der Waals surface area contributed by atoms with Crippen LogP contribution < -0.4 is 25.0 Å². The van der Waals surface area contributed by atoms with Crippen LogP contribution in [0.5, 0.6) is 5.75 Å². The van der Waals surface area contributed by atoms with E-state index in [4.69, 9.17) is 4.74 Å². The van der Waals surface area contributed by atoms with Crippen molar-refractivity contribution in [2.24, 2.45) is 0 Å². The number of carbonyl (C=O) groups is 1. The number of aryl methyl sites for hydroxylation is 2. The number of nitrogens with one attached hydrogen (secondary N) is 3. The number of ether oxygens (including phenoxy) is 1. The Morgan fingerprint density at radius 1 is 1.18 bits per heavy atom. The van der Waals surface area contributed by atoms with E-state index in [0.717, 1.165) is 5.56 Å². The predicted octanol–water partition coefficient (Wildman–Crippen LogP) is 4.57. The van der Waals surface area contributed by atoms with Crippen LogP contribution in [0.15, 0.2) is 36.5 Å². The van der Waals surface area contributed by atoms with Gasteiger partial charge in [0, 0.05) is 38.7 Å². The number of methoxy groups -OCH3 is 1. The van der Waals surface area contributed by atoms with Crippen molar-refractivity contribution in [2.75, 3.05) is 42.4 Å². The molecule has 0 saturated carbocycles. The van der Waals surface area contributed by atoms with Gasteiger partial charge in [0.05, 0.1) is 18.5 Å². The number of rotatable bonds is 9. The quantitative estimate of drug-likeness (QED) is 0.358. The summed E-state index contributed by atoms with van der Waals surface area (Å²) in [6.07, 6.45) is -2.50. The van der Waals surface area contributed by atoms with Crippen molar-refractivity contribution in [2.45, 2.75) is 26.6 Å². The summed E-state index contributed by atoms with van der Waals surface area (Å²) in [5.41, 5.74) is 2.50. The Balaban J connectivity index is 1.97. The minimum atomic E-state index is -4.71. The highest BCUT2D eigenvalue weighted by Gasteiger charge is 2.35. The van der Waals surface area contributed by atoms with Gasteiger partial charge >= 0.3 is 6.18 Å². The molecule has 0 bridgehead atoms. The molecular formula is C25H29F3N6O3S. The standard InChI is InChI=1S/C25H29F3N6O3S/c1-14-7-8-16(20(9-14)34(4)38(6)36)12-30-22-18(25(26,27)28)13-31-24(33-22)32-19-10-15(2)17(23(35)29-3)11-21(19)37-5/h7-11,13H,12H2,1-6H3,(H,29,35)(H2,30,31,32,33). The lowest BCUT2D eigenvalue weighted by atomic mass is 10.1. The van der Waals surface area contributed by atoms with Gasteiger partial charge in [-0.1, -0.05) is 12.1 Å². The molecular weight excluding hydrogens is 521 g/mol. The predicted molar refractivity (Wildman–Crippen MR) is 142 cm³/mol. The van der Waals surface area contributed by atoms with Crippen molar-refractivity contribution in [3.8, 4) is 5.75 Å². The summed E-state index contributed by atoms with van der Waals surface area (Å²) in [5, 5.41) is 8.19. The van der Waals surface area contributed by atoms with Gasteiger partial charge in [0.25, 0.3) is 5.91 Å². The van der Waals surface area contributed by atoms with E-state index in [1.807, 2.05) is 19.1 Å². The number of aromatic nitrogens is 2. The first-order valence-electron chi connectivity index (χ1n) is 11.4. The summed E-state index contributed by atoms with van der Waals surface area (Å²) in [4.78, 5) is 20.1. The van der Waals surface area contributed by atoms with E-state index in [1.54, 1.807) is 30.4 Å². The zero-order valence-corrected chi connectivity index (χ0v) is 22.6. The highest BCUT2D eigenvalue weighted by molar-refractivity contribution is 7.85. The molecule has 1 amide bonds. The van der Waals surface area contributed by atoms with Gasteiger partial charge in [-0.25, -0.2) is 9.19 Å². The van der Waals surface area contributed by atoms with Gasteiger partial charge < -0.3 is 20.7 Å². The normalized spacial score (nSPS) is 12.0. The van der Waals surface area contributed by atoms with E-state index in [9.17, 15) is 22.2 Å². The fraction of sp³-hybridized carbons (Fsp3) is 0.320. The minimum absolute atomic E-state index is 0.0139. The maximum atomic E-state index is 13.8. The van der Waals surface area contributed by atoms with E-state index in [2.05, 4.69) is 25.9 Å². The van der Waals surface area contributed by atoms with Gasteiger partial charge in [-0.2, -0.15) is 18.2 Å². The van der Waals surface area contributed by atoms with Crippen molar-refractivity contribution < 1.29 is 26.9 Å². The molecule has 13 heteroatoms. The lowest BCUT2D eigenvalue weighted by molar-refractivity contribution is -0.137. The number of halogens is 3. The minimum Gasteiger partial charge on any atom is -0.495 e. The molecule has 0 radical (unpaired) electrons. The van der Waals surface area contributed by atoms with Crippen LogP contribution in [0.3, 0.4) is 0 Å². The van der Waals surface area contributed by atoms with E-state index >= 15 is 0 Å². The Morgan fingerprint density at radius 3 is 2.50 bits per heavy atom. The van der Waals surface area contributed by atoms with Crippen molar-refractivity contribution in [1.82, 2.24) is 15.3 Å². The molecule has 0 aliphatic rings. The highest BCUT2D eigenvalue weighted by Crippen LogP contribution is 2.36. The molecule has 3 aromatic rings. The third kappa shape index (κ3) is 6.52. The lowest BCUT2D eigenvalue weighted by Gasteiger charge is -2.21. The van der Waals surface area contributed by atoms with Crippen molar-refractivity contribution in [1.29, 1.82) is 0 Å². The number of benzene rings is 2. The Morgan fingerprint density at radius 2 is 1.89 bits per heavy atom. The van der Waals surface area contributed by atoms with Crippen molar-refractivity contribution >= 4 is 40.0 Å². The molecule has 3 rings (SSSR count). The first-order chi connectivity index (χ1) is 17.8. The molecule has 38 heavy (non-hydrogen) atoms. The molecule has 0 aliphatic carbocycles. The molecule has 1 atom stereocenters. The fourth-order valence-electron chi connectivity index (χ4n) is 3.67. The third-order valence-electron chi connectivity index (χ3n) is 5.77. The number of carbonyl (C=O) groups excluding carboxylic acids is 1. The van der Waals surface area contributed by atoms with E-state index in [0.29, 0.717) is 34.3 Å². The summed E-state index contributed by atoms with van der Waals surface area (Å²) in [5.74, 6) is -0.564. The SMILES string of the molecule is CNC(=O)c1cc(OC)c(Nc2ncc(C(F)(F)F)c(NCc3ccc(C)cc3N(C)S(C)=O)n2)cc1C. The van der Waals surface area contributed by atoms with Crippen LogP contribution in [0.25, 0.3) is 0 Å². The lowest BCUT2D eigenvalue weighted by Crippen LogP contribution is -2.21. The third-order valence-corrected chi connectivity index (χ3v) is 6.74. The average Bonchev–Trinajstić information content (AvgIpc) is 2.86. The molecule has 0 aliphatic heterocycles. The van der Waals surface area contributed by atoms with Crippen LogP contribution in [-0.4, -0.2) is 47.5 Å². The molecule has 0 spiro atoms. The second-order valence-electron chi connectivity index (χ2n) is 8.43. The Labute approximate surface area is 221 Å². The number of amides is 1. The Bertz CT molecular complexity index is 1370. The van der Waals surface area contributed by atoms with E-state index in [1.165, 1.54) is 26.5 Å². The van der Waals surface area contributed by atoms with Gasteiger partial charge in [0.15, 0.2) is 0 Å². The topological polar surface area (TPSA) is 108 Å². The number of hydrogen-bond acceptors (Lipinski definition) is 7. The second kappa shape index (κ2) is 11.7. The molecule has 9 nitrogen and oxygen atoms in total. The molecule has 1 unspecified atom stereocenters. The van der Waals surface area contributed by atoms with E-state index < -0.39 is 28.5 Å². The fourth-order valence-corrected chi connectivity index (χ4v) is 4.12. The summed E-state index contributed by atoms with van der Waals surface area (Å²) >= 11 is 0. The number of anilines is 4. The van der Waals surface area contributed by atoms with Crippen LogP contribution in [0, 0.1) is 13.8 Å². The van der Waals surface area contributed by atoms with Crippen LogP contribution >= 0.6 is 0 Å². The molecule has 1 aromatic heterocycles. The van der Waals surface area contributed by atoms with Crippen molar-refractivity contribution in [3.63, 3.8) is 0 Å². The monoisotopic (exact) mass is 550 g/mol. The zero-order valence-electron chi connectivity index (χ0n) is 21.8. The van der Waals surface area contributed by atoms with Gasteiger partial charge in [0.2, 0.25) is 5.95 Å². The Kier molecular flexibility index (Phi) is 8.82. The maximum absolute atomic E-state index is 13.8. The van der Waals surface area contributed by atoms with Gasteiger partial charge in [-0.3, -0.25) is 9.10 Å². The molecule has 2 aromatic carbocycles. The van der Waals surface area contributed by atoms with Gasteiger partial charge in [-0.05, 0) is 48.7 Å². The summed E-state index contributed by atoms with van der Waals surface area (Å²) in [6.45, 7) is 3.57. The smallest absolute Gasteiger partial charge is 0.421 e. The summed E-state index contributed by atoms with van der Waals surface area (Å²) in [7, 11) is 3.23. The van der Waals surface area contributed by atoms with Crippen LogP contribution in [-0.2, 0) is 23.7 Å². The second-order valence-corrected chi connectivity index (χ2v) is 9.83. The summed E-state index contributed by atoms with van der Waals surface area (Å²) < 4.78 is 60.3.